The molecule has 0 saturated carbocycles. The highest BCUT2D eigenvalue weighted by Gasteiger charge is 2.13. The van der Waals surface area contributed by atoms with Gasteiger partial charge < -0.3 is 10.7 Å². The minimum Gasteiger partial charge on any atom is -0.384 e. The minimum atomic E-state index is 0.435. The number of hydrogen-bond acceptors (Lipinski definition) is 4. The second kappa shape index (κ2) is 3.87. The number of anilines is 1. The molecule has 4 nitrogen and oxygen atoms in total. The van der Waals surface area contributed by atoms with Gasteiger partial charge in [-0.2, -0.15) is 0 Å². The number of aromatic amines is 1. The molecule has 17 heavy (non-hydrogen) atoms. The number of imidazole rings is 1. The molecule has 0 radical (unpaired) electrons. The summed E-state index contributed by atoms with van der Waals surface area (Å²) in [6.07, 6.45) is 0. The molecule has 3 N–H and O–H groups in total. The summed E-state index contributed by atoms with van der Waals surface area (Å²) in [6.45, 7) is 0. The molecular weight excluding hydrogens is 279 g/mol. The largest absolute Gasteiger partial charge is 0.384 e. The maximum Gasteiger partial charge on any atom is 0.180 e. The molecule has 0 aromatic carbocycles. The molecule has 0 spiro atoms. The van der Waals surface area contributed by atoms with Crippen LogP contribution in [0.3, 0.4) is 0 Å². The van der Waals surface area contributed by atoms with Gasteiger partial charge in [-0.15, -0.1) is 11.3 Å². The molecule has 7 heteroatoms. The van der Waals surface area contributed by atoms with Gasteiger partial charge in [-0.1, -0.05) is 23.2 Å². The zero-order chi connectivity index (χ0) is 12.0. The Morgan fingerprint density at radius 2 is 2.06 bits per heavy atom. The number of nitrogens with two attached hydrogens (primary N) is 1. The van der Waals surface area contributed by atoms with Gasteiger partial charge in [0.2, 0.25) is 0 Å². The number of pyridine rings is 1. The first-order valence-electron chi connectivity index (χ1n) is 4.71. The van der Waals surface area contributed by atoms with Crippen LogP contribution in [-0.2, 0) is 0 Å². The summed E-state index contributed by atoms with van der Waals surface area (Å²) >= 11 is 13.3. The van der Waals surface area contributed by atoms with E-state index in [4.69, 9.17) is 28.9 Å². The topological polar surface area (TPSA) is 67.6 Å². The van der Waals surface area contributed by atoms with E-state index in [1.54, 1.807) is 12.1 Å². The van der Waals surface area contributed by atoms with Crippen LogP contribution in [0.1, 0.15) is 0 Å². The Balaban J connectivity index is 2.21. The molecule has 0 unspecified atom stereocenters. The molecule has 0 aliphatic rings. The molecule has 3 aromatic heterocycles. The first-order valence-corrected chi connectivity index (χ1v) is 6.28. The van der Waals surface area contributed by atoms with E-state index >= 15 is 0 Å². The van der Waals surface area contributed by atoms with Crippen molar-refractivity contribution in [3.8, 4) is 11.4 Å². The van der Waals surface area contributed by atoms with Crippen molar-refractivity contribution in [3.05, 3.63) is 26.9 Å². The highest BCUT2D eigenvalue weighted by Crippen LogP contribution is 2.37. The molecule has 0 aliphatic carbocycles. The van der Waals surface area contributed by atoms with Crippen molar-refractivity contribution in [2.45, 2.75) is 0 Å². The maximum atomic E-state index is 6.07. The number of fused-ring (bicyclic) bond motifs is 1. The summed E-state index contributed by atoms with van der Waals surface area (Å²) in [5.74, 6) is 1.08. The van der Waals surface area contributed by atoms with E-state index in [2.05, 4.69) is 15.0 Å². The number of H-pyrrole nitrogens is 1. The molecule has 0 aliphatic heterocycles. The van der Waals surface area contributed by atoms with Crippen LogP contribution in [-0.4, -0.2) is 15.0 Å². The number of hydrogen-bond donors (Lipinski definition) is 2. The number of nitrogens with zero attached hydrogens (tertiary/aromatic N) is 2. The highest BCUT2D eigenvalue weighted by molar-refractivity contribution is 7.20. The predicted octanol–water partition coefficient (Wildman–Crippen LogP) is 3.58. The Morgan fingerprint density at radius 1 is 1.24 bits per heavy atom. The molecule has 3 heterocycles. The van der Waals surface area contributed by atoms with Crippen molar-refractivity contribution in [2.24, 2.45) is 0 Å². The van der Waals surface area contributed by atoms with Crippen molar-refractivity contribution in [3.63, 3.8) is 0 Å². The lowest BCUT2D eigenvalue weighted by Crippen LogP contribution is -1.88. The average Bonchev–Trinajstić information content (AvgIpc) is 2.80. The quantitative estimate of drug-likeness (QED) is 0.718. The SMILES string of the molecule is Nc1ccc2[nH]c(-c3cc(Cl)sc3Cl)nc2n1. The van der Waals surface area contributed by atoms with Gasteiger partial charge in [0.05, 0.1) is 9.85 Å². The molecule has 0 saturated heterocycles. The van der Waals surface area contributed by atoms with Crippen LogP contribution in [0.15, 0.2) is 18.2 Å². The molecule has 3 rings (SSSR count). The van der Waals surface area contributed by atoms with Crippen molar-refractivity contribution in [1.82, 2.24) is 15.0 Å². The van der Waals surface area contributed by atoms with Gasteiger partial charge >= 0.3 is 0 Å². The Hall–Kier alpha value is -1.30. The van der Waals surface area contributed by atoms with E-state index < -0.39 is 0 Å². The van der Waals surface area contributed by atoms with E-state index in [9.17, 15) is 0 Å². The zero-order valence-corrected chi connectivity index (χ0v) is 10.7. The van der Waals surface area contributed by atoms with Crippen LogP contribution in [0.4, 0.5) is 5.82 Å². The standard InChI is InChI=1S/C10H6Cl2N4S/c11-6-3-4(8(12)17-6)9-14-5-1-2-7(13)15-10(5)16-9/h1-3H,(H3,13,14,15,16). The van der Waals surface area contributed by atoms with E-state index in [0.717, 1.165) is 11.1 Å². The lowest BCUT2D eigenvalue weighted by atomic mass is 10.3. The molecule has 0 bridgehead atoms. The summed E-state index contributed by atoms with van der Waals surface area (Å²) in [6, 6.07) is 5.32. The third-order valence-electron chi connectivity index (χ3n) is 2.28. The van der Waals surface area contributed by atoms with Crippen molar-refractivity contribution in [1.29, 1.82) is 0 Å². The number of nitrogen functional groups attached to an aromatic ring is 1. The monoisotopic (exact) mass is 284 g/mol. The number of thiophene rings is 1. The molecule has 0 atom stereocenters. The van der Waals surface area contributed by atoms with E-state index in [-0.39, 0.29) is 0 Å². The second-order valence-corrected chi connectivity index (χ2v) is 5.72. The zero-order valence-electron chi connectivity index (χ0n) is 8.37. The number of rotatable bonds is 1. The highest BCUT2D eigenvalue weighted by atomic mass is 35.5. The maximum absolute atomic E-state index is 6.07. The molecule has 0 amide bonds. The minimum absolute atomic E-state index is 0.435. The fourth-order valence-electron chi connectivity index (χ4n) is 1.54. The summed E-state index contributed by atoms with van der Waals surface area (Å²) in [7, 11) is 0. The van der Waals surface area contributed by atoms with Crippen molar-refractivity contribution >= 4 is 51.5 Å². The van der Waals surface area contributed by atoms with Crippen molar-refractivity contribution < 1.29 is 0 Å². The molecule has 86 valence electrons. The Kier molecular flexibility index (Phi) is 2.47. The fourth-order valence-corrected chi connectivity index (χ4v) is 3.00. The smallest absolute Gasteiger partial charge is 0.180 e. The van der Waals surface area contributed by atoms with Crippen LogP contribution in [0.2, 0.25) is 8.67 Å². The number of nitrogens with one attached hydrogen (secondary N) is 1. The van der Waals surface area contributed by atoms with Crippen LogP contribution >= 0.6 is 34.5 Å². The van der Waals surface area contributed by atoms with Crippen LogP contribution in [0, 0.1) is 0 Å². The van der Waals surface area contributed by atoms with Gasteiger partial charge in [-0.3, -0.25) is 0 Å². The van der Waals surface area contributed by atoms with Gasteiger partial charge in [0, 0.05) is 5.56 Å². The lowest BCUT2D eigenvalue weighted by Gasteiger charge is -1.89. The van der Waals surface area contributed by atoms with Gasteiger partial charge in [-0.25, -0.2) is 9.97 Å². The molecule has 3 aromatic rings. The predicted molar refractivity (Wildman–Crippen MR) is 71.6 cm³/mol. The first kappa shape index (κ1) is 10.8. The number of halogens is 2. The Labute approximate surface area is 110 Å². The normalized spacial score (nSPS) is 11.2. The van der Waals surface area contributed by atoms with Gasteiger partial charge in [0.1, 0.15) is 16.0 Å². The van der Waals surface area contributed by atoms with Crippen molar-refractivity contribution in [2.75, 3.05) is 5.73 Å². The summed E-state index contributed by atoms with van der Waals surface area (Å²) in [5, 5.41) is 0. The summed E-state index contributed by atoms with van der Waals surface area (Å²) < 4.78 is 1.22. The molecule has 0 fully saturated rings. The van der Waals surface area contributed by atoms with E-state index in [0.29, 0.717) is 26.0 Å². The first-order chi connectivity index (χ1) is 8.13. The third kappa shape index (κ3) is 1.86. The number of aromatic nitrogens is 3. The average molecular weight is 285 g/mol. The lowest BCUT2D eigenvalue weighted by molar-refractivity contribution is 1.31. The second-order valence-electron chi connectivity index (χ2n) is 3.43. The Bertz CT molecular complexity index is 703. The van der Waals surface area contributed by atoms with Gasteiger partial charge in [-0.05, 0) is 18.2 Å². The van der Waals surface area contributed by atoms with Crippen LogP contribution < -0.4 is 5.73 Å². The van der Waals surface area contributed by atoms with Gasteiger partial charge in [0.25, 0.3) is 0 Å². The van der Waals surface area contributed by atoms with Gasteiger partial charge in [0.15, 0.2) is 5.65 Å². The third-order valence-corrected chi connectivity index (χ3v) is 3.77. The Morgan fingerprint density at radius 3 is 2.76 bits per heavy atom. The summed E-state index contributed by atoms with van der Waals surface area (Å²) in [5.41, 5.74) is 7.75. The van der Waals surface area contributed by atoms with E-state index in [1.807, 2.05) is 6.07 Å². The molecular formula is C10H6Cl2N4S. The summed E-state index contributed by atoms with van der Waals surface area (Å²) in [4.78, 5) is 11.6. The van der Waals surface area contributed by atoms with Crippen LogP contribution in [0.25, 0.3) is 22.6 Å². The van der Waals surface area contributed by atoms with E-state index in [1.165, 1.54) is 11.3 Å². The van der Waals surface area contributed by atoms with Crippen LogP contribution in [0.5, 0.6) is 0 Å². The fraction of sp³-hybridized carbons (Fsp3) is 0.